The molecule has 3 heterocycles. The summed E-state index contributed by atoms with van der Waals surface area (Å²) < 4.78 is 5.17. The van der Waals surface area contributed by atoms with Crippen LogP contribution in [0.2, 0.25) is 0 Å². The first-order valence-corrected chi connectivity index (χ1v) is 8.39. The highest BCUT2D eigenvalue weighted by Crippen LogP contribution is 2.39. The number of amides is 1. The van der Waals surface area contributed by atoms with Crippen LogP contribution in [0.4, 0.5) is 0 Å². The number of piperidine rings is 1. The molecule has 3 rings (SSSR count). The van der Waals surface area contributed by atoms with E-state index >= 15 is 0 Å². The summed E-state index contributed by atoms with van der Waals surface area (Å²) in [5.41, 5.74) is 2.46. The molecule has 1 amide bonds. The monoisotopic (exact) mass is 334 g/mol. The van der Waals surface area contributed by atoms with Crippen molar-refractivity contribution in [1.82, 2.24) is 10.1 Å². The molecule has 2 atom stereocenters. The van der Waals surface area contributed by atoms with Gasteiger partial charge in [0.25, 0.3) is 0 Å². The summed E-state index contributed by atoms with van der Waals surface area (Å²) in [7, 11) is 0. The van der Waals surface area contributed by atoms with Crippen molar-refractivity contribution in [1.29, 1.82) is 0 Å². The summed E-state index contributed by atoms with van der Waals surface area (Å²) in [5.74, 6) is -0.823. The van der Waals surface area contributed by atoms with Crippen LogP contribution in [0, 0.1) is 19.8 Å². The molecule has 1 saturated heterocycles. The Kier molecular flexibility index (Phi) is 4.21. The molecule has 0 spiro atoms. The van der Waals surface area contributed by atoms with E-state index in [-0.39, 0.29) is 12.3 Å². The van der Waals surface area contributed by atoms with E-state index in [1.165, 1.54) is 11.3 Å². The van der Waals surface area contributed by atoms with Gasteiger partial charge in [0.05, 0.1) is 24.2 Å². The van der Waals surface area contributed by atoms with Gasteiger partial charge in [-0.25, -0.2) is 0 Å². The molecule has 122 valence electrons. The molecule has 2 aromatic heterocycles. The maximum atomic E-state index is 12.5. The molecular weight excluding hydrogens is 316 g/mol. The topological polar surface area (TPSA) is 83.6 Å². The maximum Gasteiger partial charge on any atom is 0.308 e. The predicted molar refractivity (Wildman–Crippen MR) is 83.9 cm³/mol. The second-order valence-corrected chi connectivity index (χ2v) is 6.59. The van der Waals surface area contributed by atoms with Gasteiger partial charge in [0.15, 0.2) is 0 Å². The van der Waals surface area contributed by atoms with Crippen molar-refractivity contribution in [2.45, 2.75) is 39.3 Å². The second-order valence-electron chi connectivity index (χ2n) is 5.81. The molecule has 0 bridgehead atoms. The van der Waals surface area contributed by atoms with Gasteiger partial charge in [0.2, 0.25) is 5.91 Å². The molecule has 1 fully saturated rings. The van der Waals surface area contributed by atoms with Gasteiger partial charge in [-0.1, -0.05) is 5.16 Å². The fraction of sp³-hybridized carbons (Fsp3) is 0.438. The zero-order chi connectivity index (χ0) is 16.6. The molecule has 1 aliphatic heterocycles. The Morgan fingerprint density at radius 1 is 1.52 bits per heavy atom. The molecule has 6 nitrogen and oxygen atoms in total. The normalized spacial score (nSPS) is 21.7. The van der Waals surface area contributed by atoms with Crippen molar-refractivity contribution in [2.24, 2.45) is 5.92 Å². The van der Waals surface area contributed by atoms with Crippen molar-refractivity contribution >= 4 is 23.2 Å². The Bertz CT molecular complexity index is 703. The highest BCUT2D eigenvalue weighted by Gasteiger charge is 2.41. The van der Waals surface area contributed by atoms with Gasteiger partial charge in [0.1, 0.15) is 5.76 Å². The SMILES string of the molecule is Cc1noc(C)c1CN1C(=O)CCC(C(=O)O)C1c1ccsc1. The van der Waals surface area contributed by atoms with E-state index in [1.54, 1.807) is 11.8 Å². The van der Waals surface area contributed by atoms with E-state index in [0.717, 1.165) is 16.8 Å². The Morgan fingerprint density at radius 3 is 2.87 bits per heavy atom. The molecule has 0 saturated carbocycles. The minimum absolute atomic E-state index is 0.0290. The smallest absolute Gasteiger partial charge is 0.308 e. The molecule has 23 heavy (non-hydrogen) atoms. The van der Waals surface area contributed by atoms with Crippen molar-refractivity contribution < 1.29 is 19.2 Å². The number of carbonyl (C=O) groups excluding carboxylic acids is 1. The zero-order valence-electron chi connectivity index (χ0n) is 13.0. The summed E-state index contributed by atoms with van der Waals surface area (Å²) >= 11 is 1.50. The van der Waals surface area contributed by atoms with Crippen LogP contribution in [0.5, 0.6) is 0 Å². The number of likely N-dealkylation sites (tertiary alicyclic amines) is 1. The van der Waals surface area contributed by atoms with Crippen LogP contribution >= 0.6 is 11.3 Å². The Balaban J connectivity index is 1.99. The molecule has 0 aliphatic carbocycles. The molecular formula is C16H18N2O4S. The Morgan fingerprint density at radius 2 is 2.30 bits per heavy atom. The van der Waals surface area contributed by atoms with E-state index < -0.39 is 17.9 Å². The number of hydrogen-bond acceptors (Lipinski definition) is 5. The number of rotatable bonds is 4. The third kappa shape index (κ3) is 2.88. The number of carboxylic acids is 1. The van der Waals surface area contributed by atoms with Gasteiger partial charge >= 0.3 is 5.97 Å². The molecule has 1 N–H and O–H groups in total. The summed E-state index contributed by atoms with van der Waals surface area (Å²) in [6.07, 6.45) is 0.619. The number of carboxylic acid groups (broad SMARTS) is 1. The average Bonchev–Trinajstić information content (AvgIpc) is 3.13. The van der Waals surface area contributed by atoms with Crippen LogP contribution < -0.4 is 0 Å². The predicted octanol–water partition coefficient (Wildman–Crippen LogP) is 2.92. The van der Waals surface area contributed by atoms with Crippen LogP contribution in [0.25, 0.3) is 0 Å². The highest BCUT2D eigenvalue weighted by molar-refractivity contribution is 7.08. The molecule has 2 aromatic rings. The van der Waals surface area contributed by atoms with Crippen LogP contribution in [0.15, 0.2) is 21.3 Å². The van der Waals surface area contributed by atoms with Gasteiger partial charge in [-0.15, -0.1) is 0 Å². The lowest BCUT2D eigenvalue weighted by Gasteiger charge is -2.39. The van der Waals surface area contributed by atoms with Gasteiger partial charge in [-0.3, -0.25) is 9.59 Å². The minimum atomic E-state index is -0.863. The van der Waals surface area contributed by atoms with Crippen molar-refractivity contribution in [3.05, 3.63) is 39.4 Å². The fourth-order valence-corrected chi connectivity index (χ4v) is 3.84. The Hall–Kier alpha value is -2.15. The average molecular weight is 334 g/mol. The van der Waals surface area contributed by atoms with Crippen LogP contribution in [-0.4, -0.2) is 27.0 Å². The second kappa shape index (κ2) is 6.16. The van der Waals surface area contributed by atoms with Crippen molar-refractivity contribution in [2.75, 3.05) is 0 Å². The zero-order valence-corrected chi connectivity index (χ0v) is 13.8. The number of aryl methyl sites for hydroxylation is 2. The third-order valence-corrected chi connectivity index (χ3v) is 5.12. The first-order valence-electron chi connectivity index (χ1n) is 7.45. The number of carbonyl (C=O) groups is 2. The van der Waals surface area contributed by atoms with Gasteiger partial charge in [-0.2, -0.15) is 11.3 Å². The van der Waals surface area contributed by atoms with Gasteiger partial charge in [0, 0.05) is 12.0 Å². The van der Waals surface area contributed by atoms with Crippen molar-refractivity contribution in [3.8, 4) is 0 Å². The number of aromatic nitrogens is 1. The molecule has 2 unspecified atom stereocenters. The number of nitrogens with zero attached hydrogens (tertiary/aromatic N) is 2. The minimum Gasteiger partial charge on any atom is -0.481 e. The van der Waals surface area contributed by atoms with E-state index in [9.17, 15) is 14.7 Å². The van der Waals surface area contributed by atoms with Gasteiger partial charge < -0.3 is 14.5 Å². The molecule has 0 radical (unpaired) electrons. The fourth-order valence-electron chi connectivity index (χ4n) is 3.15. The first kappa shape index (κ1) is 15.7. The lowest BCUT2D eigenvalue weighted by molar-refractivity contribution is -0.152. The Labute approximate surface area is 137 Å². The first-order chi connectivity index (χ1) is 11.0. The molecule has 0 aromatic carbocycles. The molecule has 1 aliphatic rings. The summed E-state index contributed by atoms with van der Waals surface area (Å²) in [6.45, 7) is 3.96. The van der Waals surface area contributed by atoms with E-state index in [2.05, 4.69) is 5.16 Å². The van der Waals surface area contributed by atoms with Crippen LogP contribution in [0.3, 0.4) is 0 Å². The molecule has 7 heteroatoms. The standard InChI is InChI=1S/C16H18N2O4S/c1-9-13(10(2)22-17-9)7-18-14(19)4-3-12(16(20)21)15(18)11-5-6-23-8-11/h5-6,8,12,15H,3-4,7H2,1-2H3,(H,20,21). The number of hydrogen-bond donors (Lipinski definition) is 1. The quantitative estimate of drug-likeness (QED) is 0.929. The third-order valence-electron chi connectivity index (χ3n) is 4.42. The van der Waals surface area contributed by atoms with E-state index in [1.807, 2.05) is 23.8 Å². The lowest BCUT2D eigenvalue weighted by atomic mass is 9.85. The largest absolute Gasteiger partial charge is 0.481 e. The van der Waals surface area contributed by atoms with Crippen LogP contribution in [0.1, 0.15) is 41.5 Å². The summed E-state index contributed by atoms with van der Waals surface area (Å²) in [4.78, 5) is 25.8. The van der Waals surface area contributed by atoms with E-state index in [0.29, 0.717) is 18.7 Å². The highest BCUT2D eigenvalue weighted by atomic mass is 32.1. The van der Waals surface area contributed by atoms with Crippen molar-refractivity contribution in [3.63, 3.8) is 0 Å². The lowest BCUT2D eigenvalue weighted by Crippen LogP contribution is -2.44. The number of thiophene rings is 1. The van der Waals surface area contributed by atoms with Gasteiger partial charge in [-0.05, 0) is 42.7 Å². The summed E-state index contributed by atoms with van der Waals surface area (Å²) in [6, 6.07) is 1.44. The number of aliphatic carboxylic acids is 1. The van der Waals surface area contributed by atoms with E-state index in [4.69, 9.17) is 4.52 Å². The maximum absolute atomic E-state index is 12.5. The van der Waals surface area contributed by atoms with Crippen LogP contribution in [-0.2, 0) is 16.1 Å². The summed E-state index contributed by atoms with van der Waals surface area (Å²) in [5, 5.41) is 17.3.